The third kappa shape index (κ3) is 4.08. The fourth-order valence-corrected chi connectivity index (χ4v) is 4.86. The molecule has 0 aliphatic heterocycles. The summed E-state index contributed by atoms with van der Waals surface area (Å²) < 4.78 is 14.8. The Hall–Kier alpha value is -3.32. The molecule has 0 aliphatic rings. The molecule has 7 heteroatoms. The molecule has 0 saturated carbocycles. The molecular weight excluding hydrogens is 425 g/mol. The van der Waals surface area contributed by atoms with Gasteiger partial charge in [-0.1, -0.05) is 38.1 Å². The van der Waals surface area contributed by atoms with Crippen LogP contribution in [0.1, 0.15) is 36.8 Å². The molecule has 1 N–H and O–H groups in total. The van der Waals surface area contributed by atoms with Crippen LogP contribution < -0.4 is 10.9 Å². The van der Waals surface area contributed by atoms with Crippen molar-refractivity contribution in [2.45, 2.75) is 39.7 Å². The number of halogens is 1. The van der Waals surface area contributed by atoms with E-state index in [1.165, 1.54) is 39.9 Å². The first-order valence-electron chi connectivity index (χ1n) is 10.6. The van der Waals surface area contributed by atoms with Crippen LogP contribution >= 0.6 is 11.3 Å². The Balaban J connectivity index is 1.74. The highest BCUT2D eigenvalue weighted by Crippen LogP contribution is 2.35. The van der Waals surface area contributed by atoms with Crippen LogP contribution in [0.5, 0.6) is 0 Å². The van der Waals surface area contributed by atoms with E-state index in [9.17, 15) is 14.0 Å². The minimum absolute atomic E-state index is 0.268. The first-order chi connectivity index (χ1) is 15.4. The maximum absolute atomic E-state index is 13.5. The third-order valence-corrected chi connectivity index (χ3v) is 6.61. The van der Waals surface area contributed by atoms with Gasteiger partial charge in [-0.05, 0) is 55.2 Å². The maximum atomic E-state index is 13.5. The van der Waals surface area contributed by atoms with Gasteiger partial charge in [0.15, 0.2) is 0 Å². The average Bonchev–Trinajstić information content (AvgIpc) is 3.13. The second-order valence-corrected chi connectivity index (χ2v) is 8.84. The Labute approximate surface area is 189 Å². The second kappa shape index (κ2) is 9.04. The number of hydrogen-bond acceptors (Lipinski definition) is 4. The molecule has 1 unspecified atom stereocenters. The Morgan fingerprint density at radius 1 is 1.12 bits per heavy atom. The zero-order valence-corrected chi connectivity index (χ0v) is 19.0. The van der Waals surface area contributed by atoms with Crippen molar-refractivity contribution in [3.05, 3.63) is 81.5 Å². The number of aromatic nitrogens is 2. The number of fused-ring (bicyclic) bond motifs is 1. The number of nitrogens with zero attached hydrogens (tertiary/aromatic N) is 2. The summed E-state index contributed by atoms with van der Waals surface area (Å²) in [6.45, 7) is 5.85. The van der Waals surface area contributed by atoms with Gasteiger partial charge in [0.25, 0.3) is 5.56 Å². The van der Waals surface area contributed by atoms with Crippen LogP contribution in [0.3, 0.4) is 0 Å². The van der Waals surface area contributed by atoms with E-state index in [-0.39, 0.29) is 17.3 Å². The number of nitrogens with one attached hydrogen (secondary N) is 1. The van der Waals surface area contributed by atoms with E-state index in [1.54, 1.807) is 12.1 Å². The Bertz CT molecular complexity index is 1320. The van der Waals surface area contributed by atoms with Gasteiger partial charge >= 0.3 is 0 Å². The van der Waals surface area contributed by atoms with Crippen LogP contribution in [0.2, 0.25) is 0 Å². The van der Waals surface area contributed by atoms with Crippen molar-refractivity contribution < 1.29 is 9.18 Å². The molecule has 0 radical (unpaired) electrons. The zero-order chi connectivity index (χ0) is 22.8. The van der Waals surface area contributed by atoms with Crippen LogP contribution in [-0.2, 0) is 11.2 Å². The van der Waals surface area contributed by atoms with E-state index in [0.717, 1.165) is 22.4 Å². The molecule has 32 heavy (non-hydrogen) atoms. The van der Waals surface area contributed by atoms with Crippen molar-refractivity contribution in [3.8, 4) is 11.1 Å². The fourth-order valence-electron chi connectivity index (χ4n) is 3.86. The number of aryl methyl sites for hydroxylation is 2. The van der Waals surface area contributed by atoms with Crippen molar-refractivity contribution in [1.82, 2.24) is 9.55 Å². The van der Waals surface area contributed by atoms with Crippen LogP contribution in [0.15, 0.2) is 59.7 Å². The summed E-state index contributed by atoms with van der Waals surface area (Å²) in [6, 6.07) is 13.0. The maximum Gasteiger partial charge on any atom is 0.263 e. The lowest BCUT2D eigenvalue weighted by atomic mass is 10.0. The summed E-state index contributed by atoms with van der Waals surface area (Å²) in [6.07, 6.45) is 2.80. The van der Waals surface area contributed by atoms with Crippen molar-refractivity contribution in [2.75, 3.05) is 5.32 Å². The van der Waals surface area contributed by atoms with Crippen molar-refractivity contribution >= 4 is 33.1 Å². The highest BCUT2D eigenvalue weighted by Gasteiger charge is 2.24. The van der Waals surface area contributed by atoms with Gasteiger partial charge in [0, 0.05) is 16.1 Å². The largest absolute Gasteiger partial charge is 0.324 e. The summed E-state index contributed by atoms with van der Waals surface area (Å²) in [5.41, 5.74) is 3.08. The molecule has 1 amide bonds. The van der Waals surface area contributed by atoms with Gasteiger partial charge in [-0.3, -0.25) is 14.2 Å². The molecule has 0 bridgehead atoms. The second-order valence-electron chi connectivity index (χ2n) is 7.64. The standard InChI is InChI=1S/C25H24FN3O2S/c1-4-16-6-12-19(13-7-16)28-23(30)20(5-2)29-14-27-24-22(25(29)31)21(15(3)32-24)17-8-10-18(26)11-9-17/h6-14,20H,4-5H2,1-3H3,(H,28,30). The Kier molecular flexibility index (Phi) is 6.19. The number of carbonyl (C=O) groups excluding carboxylic acids is 1. The molecule has 0 fully saturated rings. The number of anilines is 1. The molecule has 164 valence electrons. The molecule has 4 rings (SSSR count). The minimum atomic E-state index is -0.702. The third-order valence-electron chi connectivity index (χ3n) is 5.60. The van der Waals surface area contributed by atoms with Gasteiger partial charge in [0.05, 0.1) is 11.7 Å². The van der Waals surface area contributed by atoms with Crippen LogP contribution in [-0.4, -0.2) is 15.5 Å². The van der Waals surface area contributed by atoms with Gasteiger partial charge in [0.1, 0.15) is 16.7 Å². The van der Waals surface area contributed by atoms with E-state index in [0.29, 0.717) is 22.3 Å². The van der Waals surface area contributed by atoms with Crippen molar-refractivity contribution in [2.24, 2.45) is 0 Å². The number of hydrogen-bond donors (Lipinski definition) is 1. The van der Waals surface area contributed by atoms with Gasteiger partial charge in [0.2, 0.25) is 5.91 Å². The average molecular weight is 450 g/mol. The number of carbonyl (C=O) groups is 1. The molecule has 1 atom stereocenters. The lowest BCUT2D eigenvalue weighted by Gasteiger charge is -2.18. The predicted octanol–water partition coefficient (Wildman–Crippen LogP) is 5.72. The first kappa shape index (κ1) is 21.9. The van der Waals surface area contributed by atoms with E-state index >= 15 is 0 Å². The van der Waals surface area contributed by atoms with Gasteiger partial charge in [-0.25, -0.2) is 9.37 Å². The van der Waals surface area contributed by atoms with E-state index < -0.39 is 6.04 Å². The SMILES string of the molecule is CCc1ccc(NC(=O)C(CC)n2cnc3sc(C)c(-c4ccc(F)cc4)c3c2=O)cc1. The first-order valence-corrected chi connectivity index (χ1v) is 11.4. The minimum Gasteiger partial charge on any atom is -0.324 e. The summed E-state index contributed by atoms with van der Waals surface area (Å²) >= 11 is 1.42. The summed E-state index contributed by atoms with van der Waals surface area (Å²) in [5, 5.41) is 3.37. The quantitative estimate of drug-likeness (QED) is 0.409. The number of benzene rings is 2. The predicted molar refractivity (Wildman–Crippen MR) is 128 cm³/mol. The summed E-state index contributed by atoms with van der Waals surface area (Å²) in [5.74, 6) is -0.605. The summed E-state index contributed by atoms with van der Waals surface area (Å²) in [7, 11) is 0. The Morgan fingerprint density at radius 2 is 1.81 bits per heavy atom. The van der Waals surface area contributed by atoms with Crippen LogP contribution in [0.25, 0.3) is 21.3 Å². The zero-order valence-electron chi connectivity index (χ0n) is 18.2. The monoisotopic (exact) mass is 449 g/mol. The number of thiophene rings is 1. The van der Waals surface area contributed by atoms with Crippen molar-refractivity contribution in [1.29, 1.82) is 0 Å². The molecule has 0 spiro atoms. The molecule has 0 aliphatic carbocycles. The number of rotatable bonds is 6. The topological polar surface area (TPSA) is 64.0 Å². The normalized spacial score (nSPS) is 12.1. The van der Waals surface area contributed by atoms with Crippen LogP contribution in [0, 0.1) is 12.7 Å². The van der Waals surface area contributed by atoms with Gasteiger partial charge in [-0.2, -0.15) is 0 Å². The van der Waals surface area contributed by atoms with E-state index in [2.05, 4.69) is 17.2 Å². The fraction of sp³-hybridized carbons (Fsp3) is 0.240. The molecule has 2 aromatic carbocycles. The molecule has 2 aromatic heterocycles. The van der Waals surface area contributed by atoms with E-state index in [4.69, 9.17) is 0 Å². The molecular formula is C25H24FN3O2S. The highest BCUT2D eigenvalue weighted by molar-refractivity contribution is 7.19. The van der Waals surface area contributed by atoms with Crippen LogP contribution in [0.4, 0.5) is 10.1 Å². The lowest BCUT2D eigenvalue weighted by molar-refractivity contribution is -0.119. The summed E-state index contributed by atoms with van der Waals surface area (Å²) in [4.78, 5) is 32.6. The molecule has 0 saturated heterocycles. The van der Waals surface area contributed by atoms with Gasteiger partial charge in [-0.15, -0.1) is 11.3 Å². The highest BCUT2D eigenvalue weighted by atomic mass is 32.1. The molecule has 5 nitrogen and oxygen atoms in total. The smallest absolute Gasteiger partial charge is 0.263 e. The molecule has 2 heterocycles. The number of amides is 1. The van der Waals surface area contributed by atoms with E-state index in [1.807, 2.05) is 38.1 Å². The van der Waals surface area contributed by atoms with Gasteiger partial charge < -0.3 is 5.32 Å². The Morgan fingerprint density at radius 3 is 2.44 bits per heavy atom. The molecule has 4 aromatic rings. The van der Waals surface area contributed by atoms with Crippen molar-refractivity contribution in [3.63, 3.8) is 0 Å². The lowest BCUT2D eigenvalue weighted by Crippen LogP contribution is -2.33.